The molecule has 0 saturated carbocycles. The highest BCUT2D eigenvalue weighted by atomic mass is 32.1. The lowest BCUT2D eigenvalue weighted by Crippen LogP contribution is -2.12. The predicted molar refractivity (Wildman–Crippen MR) is 62.2 cm³/mol. The Bertz CT molecular complexity index is 591. The Labute approximate surface area is 105 Å². The molecule has 2 aromatic heterocycles. The summed E-state index contributed by atoms with van der Waals surface area (Å²) < 4.78 is 38.3. The number of alkyl halides is 3. The zero-order valence-electron chi connectivity index (χ0n) is 8.85. The number of hydrogen-bond donors (Lipinski definition) is 1. The average Bonchev–Trinajstić information content (AvgIpc) is 2.78. The van der Waals surface area contributed by atoms with Crippen LogP contribution in [0.25, 0.3) is 5.69 Å². The number of aromatic nitrogens is 3. The molecule has 0 spiro atoms. The maximum absolute atomic E-state index is 12.4. The van der Waals surface area contributed by atoms with Gasteiger partial charge in [-0.05, 0) is 12.1 Å². The summed E-state index contributed by atoms with van der Waals surface area (Å²) in [4.78, 5) is 3.96. The van der Waals surface area contributed by atoms with E-state index in [1.165, 1.54) is 18.3 Å². The fraction of sp³-hybridized carbons (Fsp3) is 0.100. The van der Waals surface area contributed by atoms with E-state index >= 15 is 0 Å². The molecule has 0 aliphatic heterocycles. The molecule has 0 atom stereocenters. The van der Waals surface area contributed by atoms with Gasteiger partial charge in [0.2, 0.25) is 0 Å². The van der Waals surface area contributed by atoms with E-state index in [0.29, 0.717) is 11.4 Å². The van der Waals surface area contributed by atoms with Crippen LogP contribution in [0.2, 0.25) is 0 Å². The summed E-state index contributed by atoms with van der Waals surface area (Å²) >= 11 is 4.74. The quantitative estimate of drug-likeness (QED) is 0.849. The van der Waals surface area contributed by atoms with Gasteiger partial charge in [0.15, 0.2) is 0 Å². The van der Waals surface area contributed by atoms with Gasteiger partial charge in [0, 0.05) is 12.4 Å². The first-order valence-corrected chi connectivity index (χ1v) is 5.17. The number of thiocarbonyl (C=S) groups is 1. The van der Waals surface area contributed by atoms with Crippen LogP contribution in [0.4, 0.5) is 13.2 Å². The van der Waals surface area contributed by atoms with Crippen LogP contribution in [0.3, 0.4) is 0 Å². The molecule has 94 valence electrons. The van der Waals surface area contributed by atoms with Gasteiger partial charge in [-0.3, -0.25) is 4.98 Å². The third kappa shape index (κ3) is 2.48. The molecule has 8 heteroatoms. The lowest BCUT2D eigenvalue weighted by molar-refractivity contribution is -0.137. The molecule has 18 heavy (non-hydrogen) atoms. The minimum absolute atomic E-state index is 0.0695. The molecular formula is C10H7F3N4S. The molecule has 0 aliphatic carbocycles. The summed E-state index contributed by atoms with van der Waals surface area (Å²) in [5.41, 5.74) is 5.30. The van der Waals surface area contributed by atoms with Crippen molar-refractivity contribution in [3.63, 3.8) is 0 Å². The summed E-state index contributed by atoms with van der Waals surface area (Å²) in [6, 6.07) is 2.98. The summed E-state index contributed by atoms with van der Waals surface area (Å²) in [6.07, 6.45) is -1.38. The van der Waals surface area contributed by atoms with Gasteiger partial charge in [-0.2, -0.15) is 18.3 Å². The number of pyridine rings is 1. The van der Waals surface area contributed by atoms with Crippen LogP contribution < -0.4 is 5.73 Å². The number of nitrogens with zero attached hydrogens (tertiary/aromatic N) is 3. The van der Waals surface area contributed by atoms with Crippen LogP contribution in [0.15, 0.2) is 30.7 Å². The Morgan fingerprint density at radius 2 is 2.11 bits per heavy atom. The van der Waals surface area contributed by atoms with Gasteiger partial charge in [0.05, 0.1) is 23.1 Å². The maximum Gasteiger partial charge on any atom is 0.419 e. The second-order valence-corrected chi connectivity index (χ2v) is 3.87. The molecule has 2 rings (SSSR count). The summed E-state index contributed by atoms with van der Waals surface area (Å²) in [6.45, 7) is 0. The fourth-order valence-corrected chi connectivity index (χ4v) is 1.42. The third-order valence-electron chi connectivity index (χ3n) is 2.17. The average molecular weight is 272 g/mol. The van der Waals surface area contributed by atoms with Gasteiger partial charge in [-0.15, -0.1) is 0 Å². The van der Waals surface area contributed by atoms with Crippen molar-refractivity contribution in [2.24, 2.45) is 5.73 Å². The van der Waals surface area contributed by atoms with Crippen molar-refractivity contribution < 1.29 is 13.2 Å². The molecule has 0 fully saturated rings. The molecular weight excluding hydrogens is 265 g/mol. The molecule has 0 unspecified atom stereocenters. The SMILES string of the molecule is NC(=S)c1cc(-n2cc(C(F)(F)F)cn2)ccn1. The molecule has 0 aliphatic rings. The first-order chi connectivity index (χ1) is 8.38. The van der Waals surface area contributed by atoms with Crippen molar-refractivity contribution in [1.29, 1.82) is 0 Å². The minimum atomic E-state index is -4.42. The third-order valence-corrected chi connectivity index (χ3v) is 2.38. The lowest BCUT2D eigenvalue weighted by Gasteiger charge is -2.03. The molecule has 0 bridgehead atoms. The van der Waals surface area contributed by atoms with Gasteiger partial charge in [-0.1, -0.05) is 12.2 Å². The molecule has 2 N–H and O–H groups in total. The fourth-order valence-electron chi connectivity index (χ4n) is 1.31. The van der Waals surface area contributed by atoms with E-state index in [1.807, 2.05) is 0 Å². The van der Waals surface area contributed by atoms with Gasteiger partial charge in [-0.25, -0.2) is 4.68 Å². The monoisotopic (exact) mass is 272 g/mol. The summed E-state index contributed by atoms with van der Waals surface area (Å²) in [5.74, 6) is 0. The Morgan fingerprint density at radius 1 is 1.39 bits per heavy atom. The highest BCUT2D eigenvalue weighted by molar-refractivity contribution is 7.80. The van der Waals surface area contributed by atoms with Gasteiger partial charge >= 0.3 is 6.18 Å². The van der Waals surface area contributed by atoms with E-state index in [4.69, 9.17) is 18.0 Å². The van der Waals surface area contributed by atoms with Crippen LogP contribution in [0, 0.1) is 0 Å². The molecule has 0 radical (unpaired) electrons. The van der Waals surface area contributed by atoms with Crippen LogP contribution in [-0.2, 0) is 6.18 Å². The zero-order chi connectivity index (χ0) is 13.3. The first-order valence-electron chi connectivity index (χ1n) is 4.76. The number of rotatable bonds is 2. The van der Waals surface area contributed by atoms with Crippen molar-refractivity contribution in [2.45, 2.75) is 6.18 Å². The van der Waals surface area contributed by atoms with Crippen molar-refractivity contribution in [1.82, 2.24) is 14.8 Å². The Hall–Kier alpha value is -1.96. The molecule has 0 saturated heterocycles. The number of halogens is 3. The van der Waals surface area contributed by atoms with Gasteiger partial charge in [0.1, 0.15) is 4.99 Å². The van der Waals surface area contributed by atoms with E-state index in [1.54, 1.807) is 0 Å². The Morgan fingerprint density at radius 3 is 2.67 bits per heavy atom. The summed E-state index contributed by atoms with van der Waals surface area (Å²) in [7, 11) is 0. The lowest BCUT2D eigenvalue weighted by atomic mass is 10.3. The molecule has 2 aromatic rings. The van der Waals surface area contributed by atoms with Crippen LogP contribution in [-0.4, -0.2) is 19.8 Å². The Balaban J connectivity index is 2.40. The number of nitrogens with two attached hydrogens (primary N) is 1. The molecule has 2 heterocycles. The topological polar surface area (TPSA) is 56.7 Å². The van der Waals surface area contributed by atoms with Crippen molar-refractivity contribution >= 4 is 17.2 Å². The zero-order valence-corrected chi connectivity index (χ0v) is 9.66. The van der Waals surface area contributed by atoms with Gasteiger partial charge in [0.25, 0.3) is 0 Å². The van der Waals surface area contributed by atoms with E-state index in [9.17, 15) is 13.2 Å². The molecule has 4 nitrogen and oxygen atoms in total. The highest BCUT2D eigenvalue weighted by Crippen LogP contribution is 2.29. The van der Waals surface area contributed by atoms with Crippen LogP contribution >= 0.6 is 12.2 Å². The standard InChI is InChI=1S/C10H7F3N4S/c11-10(12,13)6-4-16-17(5-6)7-1-2-15-8(3-7)9(14)18/h1-5H,(H2,14,18). The van der Waals surface area contributed by atoms with Gasteiger partial charge < -0.3 is 5.73 Å². The maximum atomic E-state index is 12.4. The van der Waals surface area contributed by atoms with Crippen LogP contribution in [0.5, 0.6) is 0 Å². The van der Waals surface area contributed by atoms with E-state index in [2.05, 4.69) is 10.1 Å². The number of hydrogen-bond acceptors (Lipinski definition) is 3. The van der Waals surface area contributed by atoms with Crippen molar-refractivity contribution in [3.8, 4) is 5.69 Å². The second kappa shape index (κ2) is 4.37. The van der Waals surface area contributed by atoms with E-state index in [-0.39, 0.29) is 4.99 Å². The Kier molecular flexibility index (Phi) is 3.04. The minimum Gasteiger partial charge on any atom is -0.388 e. The normalized spacial score (nSPS) is 11.5. The highest BCUT2D eigenvalue weighted by Gasteiger charge is 2.32. The predicted octanol–water partition coefficient (Wildman–Crippen LogP) is 1.92. The van der Waals surface area contributed by atoms with E-state index in [0.717, 1.165) is 17.1 Å². The van der Waals surface area contributed by atoms with E-state index < -0.39 is 11.7 Å². The van der Waals surface area contributed by atoms with Crippen LogP contribution in [0.1, 0.15) is 11.3 Å². The molecule has 0 aromatic carbocycles. The van der Waals surface area contributed by atoms with Crippen molar-refractivity contribution in [3.05, 3.63) is 42.0 Å². The largest absolute Gasteiger partial charge is 0.419 e. The first kappa shape index (κ1) is 12.5. The second-order valence-electron chi connectivity index (χ2n) is 3.43. The van der Waals surface area contributed by atoms with Crippen molar-refractivity contribution in [2.75, 3.05) is 0 Å². The summed E-state index contributed by atoms with van der Waals surface area (Å²) in [5, 5.41) is 3.64. The smallest absolute Gasteiger partial charge is 0.388 e. The molecule has 0 amide bonds.